The van der Waals surface area contributed by atoms with Gasteiger partial charge in [0.25, 0.3) is 0 Å². The number of nitrogens with one attached hydrogen (secondary N) is 1. The second-order valence-electron chi connectivity index (χ2n) is 5.68. The lowest BCUT2D eigenvalue weighted by atomic mass is 9.92. The Morgan fingerprint density at radius 3 is 2.95 bits per heavy atom. The van der Waals surface area contributed by atoms with Gasteiger partial charge in [0.2, 0.25) is 5.95 Å². The lowest BCUT2D eigenvalue weighted by molar-refractivity contribution is 0.361. The molecule has 19 heavy (non-hydrogen) atoms. The van der Waals surface area contributed by atoms with Crippen LogP contribution in [0, 0.1) is 12.8 Å². The summed E-state index contributed by atoms with van der Waals surface area (Å²) in [6.45, 7) is 10.9. The predicted molar refractivity (Wildman–Crippen MR) is 80.8 cm³/mol. The quantitative estimate of drug-likeness (QED) is 0.904. The van der Waals surface area contributed by atoms with Gasteiger partial charge in [-0.25, -0.2) is 4.98 Å². The van der Waals surface area contributed by atoms with Crippen LogP contribution in [0.3, 0.4) is 0 Å². The number of piperidine rings is 1. The van der Waals surface area contributed by atoms with Gasteiger partial charge in [0.05, 0.1) is 0 Å². The van der Waals surface area contributed by atoms with Crippen LogP contribution >= 0.6 is 0 Å². The van der Waals surface area contributed by atoms with Gasteiger partial charge in [-0.2, -0.15) is 4.98 Å². The molecule has 0 bridgehead atoms. The molecule has 0 radical (unpaired) electrons. The molecule has 106 valence electrons. The van der Waals surface area contributed by atoms with Crippen LogP contribution in [-0.2, 0) is 0 Å². The van der Waals surface area contributed by atoms with Crippen molar-refractivity contribution in [3.05, 3.63) is 11.8 Å². The third-order valence-corrected chi connectivity index (χ3v) is 4.12. The van der Waals surface area contributed by atoms with Crippen LogP contribution in [-0.4, -0.2) is 29.1 Å². The normalized spacial score (nSPS) is 23.5. The number of hydrogen-bond donors (Lipinski definition) is 1. The Hall–Kier alpha value is -1.32. The van der Waals surface area contributed by atoms with E-state index in [-0.39, 0.29) is 0 Å². The number of aromatic nitrogens is 2. The van der Waals surface area contributed by atoms with Crippen LogP contribution in [0.1, 0.15) is 45.6 Å². The van der Waals surface area contributed by atoms with Crippen LogP contribution in [0.5, 0.6) is 0 Å². The maximum atomic E-state index is 4.72. The molecule has 1 fully saturated rings. The third kappa shape index (κ3) is 3.17. The first-order valence-corrected chi connectivity index (χ1v) is 7.47. The fourth-order valence-electron chi connectivity index (χ4n) is 2.68. The molecule has 0 amide bonds. The second kappa shape index (κ2) is 6.22. The van der Waals surface area contributed by atoms with E-state index in [1.54, 1.807) is 0 Å². The Morgan fingerprint density at radius 1 is 1.42 bits per heavy atom. The molecule has 0 spiro atoms. The van der Waals surface area contributed by atoms with Crippen molar-refractivity contribution in [3.8, 4) is 0 Å². The van der Waals surface area contributed by atoms with E-state index in [1.165, 1.54) is 18.4 Å². The summed E-state index contributed by atoms with van der Waals surface area (Å²) in [6, 6.07) is 0.557. The highest BCUT2D eigenvalue weighted by molar-refractivity contribution is 5.50. The monoisotopic (exact) mass is 262 g/mol. The summed E-state index contributed by atoms with van der Waals surface area (Å²) in [4.78, 5) is 11.5. The highest BCUT2D eigenvalue weighted by Crippen LogP contribution is 2.29. The SMILES string of the molecule is CCCNc1ncc(C)c(N2CCCC(C)C2C)n1. The van der Waals surface area contributed by atoms with E-state index in [1.807, 2.05) is 6.20 Å². The molecule has 4 heteroatoms. The summed E-state index contributed by atoms with van der Waals surface area (Å²) in [5.41, 5.74) is 1.17. The Labute approximate surface area is 116 Å². The van der Waals surface area contributed by atoms with Crippen LogP contribution in [0.15, 0.2) is 6.20 Å². The van der Waals surface area contributed by atoms with Gasteiger partial charge in [-0.15, -0.1) is 0 Å². The molecular formula is C15H26N4. The number of aryl methyl sites for hydroxylation is 1. The van der Waals surface area contributed by atoms with E-state index in [2.05, 4.69) is 42.9 Å². The highest BCUT2D eigenvalue weighted by atomic mass is 15.3. The number of rotatable bonds is 4. The lowest BCUT2D eigenvalue weighted by Crippen LogP contribution is -2.43. The topological polar surface area (TPSA) is 41.1 Å². The van der Waals surface area contributed by atoms with Crippen LogP contribution in [0.2, 0.25) is 0 Å². The van der Waals surface area contributed by atoms with Gasteiger partial charge in [0.1, 0.15) is 5.82 Å². The van der Waals surface area contributed by atoms with Crippen molar-refractivity contribution in [1.82, 2.24) is 9.97 Å². The minimum absolute atomic E-state index is 0.557. The minimum atomic E-state index is 0.557. The van der Waals surface area contributed by atoms with Gasteiger partial charge in [-0.1, -0.05) is 13.8 Å². The molecule has 2 unspecified atom stereocenters. The van der Waals surface area contributed by atoms with Crippen molar-refractivity contribution in [2.45, 2.75) is 53.0 Å². The van der Waals surface area contributed by atoms with Gasteiger partial charge >= 0.3 is 0 Å². The predicted octanol–water partition coefficient (Wildman–Crippen LogP) is 3.23. The zero-order valence-corrected chi connectivity index (χ0v) is 12.6. The molecule has 0 aromatic carbocycles. The van der Waals surface area contributed by atoms with E-state index >= 15 is 0 Å². The first-order valence-electron chi connectivity index (χ1n) is 7.47. The summed E-state index contributed by atoms with van der Waals surface area (Å²) in [6.07, 6.45) is 5.60. The van der Waals surface area contributed by atoms with Crippen molar-refractivity contribution in [1.29, 1.82) is 0 Å². The first-order chi connectivity index (χ1) is 9.13. The van der Waals surface area contributed by atoms with Gasteiger partial charge in [-0.3, -0.25) is 0 Å². The number of hydrogen-bond acceptors (Lipinski definition) is 4. The van der Waals surface area contributed by atoms with E-state index in [0.717, 1.165) is 37.2 Å². The summed E-state index contributed by atoms with van der Waals surface area (Å²) < 4.78 is 0. The van der Waals surface area contributed by atoms with Crippen molar-refractivity contribution in [3.63, 3.8) is 0 Å². The second-order valence-corrected chi connectivity index (χ2v) is 5.68. The first kappa shape index (κ1) is 14.1. The van der Waals surface area contributed by atoms with Crippen molar-refractivity contribution in [2.75, 3.05) is 23.3 Å². The standard InChI is InChI=1S/C15H26N4/c1-5-8-16-15-17-10-12(3)14(18-15)19-9-6-7-11(2)13(19)4/h10-11,13H,5-9H2,1-4H3,(H,16,17,18). The van der Waals surface area contributed by atoms with E-state index in [4.69, 9.17) is 4.98 Å². The molecule has 2 heterocycles. The molecule has 1 saturated heterocycles. The minimum Gasteiger partial charge on any atom is -0.354 e. The summed E-state index contributed by atoms with van der Waals surface area (Å²) in [5, 5.41) is 3.28. The smallest absolute Gasteiger partial charge is 0.224 e. The number of nitrogens with zero attached hydrogens (tertiary/aromatic N) is 3. The van der Waals surface area contributed by atoms with E-state index in [0.29, 0.717) is 6.04 Å². The molecule has 2 atom stereocenters. The van der Waals surface area contributed by atoms with Gasteiger partial charge in [0.15, 0.2) is 0 Å². The molecule has 1 aliphatic rings. The molecule has 4 nitrogen and oxygen atoms in total. The zero-order chi connectivity index (χ0) is 13.8. The van der Waals surface area contributed by atoms with Crippen LogP contribution in [0.25, 0.3) is 0 Å². The van der Waals surface area contributed by atoms with E-state index in [9.17, 15) is 0 Å². The highest BCUT2D eigenvalue weighted by Gasteiger charge is 2.26. The molecule has 0 aliphatic carbocycles. The zero-order valence-electron chi connectivity index (χ0n) is 12.6. The fraction of sp³-hybridized carbons (Fsp3) is 0.733. The Kier molecular flexibility index (Phi) is 4.61. The molecule has 0 saturated carbocycles. The van der Waals surface area contributed by atoms with Crippen LogP contribution < -0.4 is 10.2 Å². The molecular weight excluding hydrogens is 236 g/mol. The summed E-state index contributed by atoms with van der Waals surface area (Å²) in [7, 11) is 0. The molecule has 1 N–H and O–H groups in total. The average Bonchev–Trinajstić information content (AvgIpc) is 2.41. The van der Waals surface area contributed by atoms with Crippen LogP contribution in [0.4, 0.5) is 11.8 Å². The largest absolute Gasteiger partial charge is 0.354 e. The Balaban J connectivity index is 2.22. The Morgan fingerprint density at radius 2 is 2.21 bits per heavy atom. The summed E-state index contributed by atoms with van der Waals surface area (Å²) >= 11 is 0. The molecule has 1 aromatic rings. The maximum absolute atomic E-state index is 4.72. The van der Waals surface area contributed by atoms with Crippen molar-refractivity contribution in [2.24, 2.45) is 5.92 Å². The molecule has 1 aliphatic heterocycles. The van der Waals surface area contributed by atoms with Gasteiger partial charge < -0.3 is 10.2 Å². The van der Waals surface area contributed by atoms with E-state index < -0.39 is 0 Å². The molecule has 2 rings (SSSR count). The third-order valence-electron chi connectivity index (χ3n) is 4.12. The fourth-order valence-corrected chi connectivity index (χ4v) is 2.68. The molecule has 1 aromatic heterocycles. The van der Waals surface area contributed by atoms with Gasteiger partial charge in [-0.05, 0) is 39.0 Å². The van der Waals surface area contributed by atoms with Crippen molar-refractivity contribution < 1.29 is 0 Å². The number of anilines is 2. The maximum Gasteiger partial charge on any atom is 0.224 e. The average molecular weight is 262 g/mol. The lowest BCUT2D eigenvalue weighted by Gasteiger charge is -2.39. The summed E-state index contributed by atoms with van der Waals surface area (Å²) in [5.74, 6) is 2.59. The Bertz CT molecular complexity index is 419. The van der Waals surface area contributed by atoms with Crippen molar-refractivity contribution >= 4 is 11.8 Å². The van der Waals surface area contributed by atoms with Gasteiger partial charge in [0, 0.05) is 30.9 Å².